The Morgan fingerprint density at radius 2 is 1.60 bits per heavy atom. The van der Waals surface area contributed by atoms with E-state index in [0.29, 0.717) is 0 Å². The van der Waals surface area contributed by atoms with E-state index < -0.39 is 10.0 Å². The molecule has 20 heavy (non-hydrogen) atoms. The Labute approximate surface area is 121 Å². The number of sulfonamides is 1. The zero-order chi connectivity index (χ0) is 15.2. The van der Waals surface area contributed by atoms with Gasteiger partial charge in [-0.05, 0) is 37.0 Å². The smallest absolute Gasteiger partial charge is 0.207 e. The van der Waals surface area contributed by atoms with Crippen LogP contribution in [-0.2, 0) is 16.4 Å². The Morgan fingerprint density at radius 1 is 1.10 bits per heavy atom. The van der Waals surface area contributed by atoms with Crippen molar-refractivity contribution in [1.82, 2.24) is 4.72 Å². The van der Waals surface area contributed by atoms with Crippen LogP contribution in [0, 0.1) is 11.3 Å². The third-order valence-corrected chi connectivity index (χ3v) is 5.49. The van der Waals surface area contributed by atoms with Gasteiger partial charge in [0.2, 0.25) is 10.0 Å². The summed E-state index contributed by atoms with van der Waals surface area (Å²) in [4.78, 5) is 0.249. The fourth-order valence-electron chi connectivity index (χ4n) is 2.19. The van der Waals surface area contributed by atoms with Crippen molar-refractivity contribution in [2.45, 2.75) is 56.9 Å². The van der Waals surface area contributed by atoms with Gasteiger partial charge >= 0.3 is 0 Å². The van der Waals surface area contributed by atoms with Crippen molar-refractivity contribution in [1.29, 1.82) is 5.26 Å². The normalized spacial score (nSPS) is 12.1. The largest absolute Gasteiger partial charge is 0.241 e. The first-order chi connectivity index (χ1) is 9.43. The molecule has 0 unspecified atom stereocenters. The van der Waals surface area contributed by atoms with Gasteiger partial charge in [-0.2, -0.15) is 5.26 Å². The van der Waals surface area contributed by atoms with Gasteiger partial charge in [0.15, 0.2) is 0 Å². The Balaban J connectivity index is 3.02. The lowest BCUT2D eigenvalue weighted by Gasteiger charge is -2.31. The molecule has 0 heterocycles. The third-order valence-electron chi connectivity index (χ3n) is 3.90. The molecule has 0 aliphatic carbocycles. The molecule has 0 atom stereocenters. The van der Waals surface area contributed by atoms with E-state index in [2.05, 4.69) is 4.72 Å². The summed E-state index contributed by atoms with van der Waals surface area (Å²) >= 11 is 0. The zero-order valence-electron chi connectivity index (χ0n) is 12.3. The molecule has 0 amide bonds. The molecule has 0 aliphatic rings. The van der Waals surface area contributed by atoms with Crippen LogP contribution >= 0.6 is 0 Å². The van der Waals surface area contributed by atoms with Gasteiger partial charge in [-0.25, -0.2) is 13.1 Å². The molecule has 0 aromatic heterocycles. The second-order valence-corrected chi connectivity index (χ2v) is 6.61. The van der Waals surface area contributed by atoms with E-state index in [1.807, 2.05) is 26.8 Å². The number of rotatable bonds is 7. The number of nitrogens with zero attached hydrogens (tertiary/aromatic N) is 1. The van der Waals surface area contributed by atoms with Crippen molar-refractivity contribution in [3.8, 4) is 6.07 Å². The van der Waals surface area contributed by atoms with E-state index in [-0.39, 0.29) is 16.9 Å². The molecular formula is C15H22N2O2S. The molecule has 0 saturated heterocycles. The molecule has 4 nitrogen and oxygen atoms in total. The van der Waals surface area contributed by atoms with Crippen LogP contribution in [0.4, 0.5) is 0 Å². The van der Waals surface area contributed by atoms with Crippen LogP contribution in [0.1, 0.15) is 45.6 Å². The van der Waals surface area contributed by atoms with Gasteiger partial charge in [-0.1, -0.05) is 32.9 Å². The highest BCUT2D eigenvalue weighted by atomic mass is 32.2. The van der Waals surface area contributed by atoms with Crippen molar-refractivity contribution in [2.75, 3.05) is 0 Å². The number of nitriles is 1. The highest BCUT2D eigenvalue weighted by molar-refractivity contribution is 7.89. The number of hydrogen-bond donors (Lipinski definition) is 1. The summed E-state index contributed by atoms with van der Waals surface area (Å²) in [6.45, 7) is 5.97. The second kappa shape index (κ2) is 6.87. The standard InChI is InChI=1S/C15H22N2O2S/c1-4-15(5-2,6-3)17-20(18,19)14-9-7-13(8-10-14)11-12-16/h7-10,17H,4-6,11H2,1-3H3. The van der Waals surface area contributed by atoms with Crippen molar-refractivity contribution in [3.05, 3.63) is 29.8 Å². The van der Waals surface area contributed by atoms with Gasteiger partial charge in [-0.15, -0.1) is 0 Å². The van der Waals surface area contributed by atoms with Crippen molar-refractivity contribution < 1.29 is 8.42 Å². The molecule has 0 aliphatic heterocycles. The molecule has 1 N–H and O–H groups in total. The van der Waals surface area contributed by atoms with Crippen LogP contribution in [-0.4, -0.2) is 14.0 Å². The lowest BCUT2D eigenvalue weighted by molar-refractivity contribution is 0.341. The number of benzene rings is 1. The topological polar surface area (TPSA) is 70.0 Å². The minimum atomic E-state index is -3.52. The first-order valence-electron chi connectivity index (χ1n) is 6.93. The van der Waals surface area contributed by atoms with Gasteiger partial charge < -0.3 is 0 Å². The maximum absolute atomic E-state index is 12.4. The van der Waals surface area contributed by atoms with Crippen LogP contribution in [0.3, 0.4) is 0 Å². The number of nitrogens with one attached hydrogen (secondary N) is 1. The van der Waals surface area contributed by atoms with E-state index in [1.54, 1.807) is 24.3 Å². The first kappa shape index (κ1) is 16.7. The van der Waals surface area contributed by atoms with Crippen molar-refractivity contribution in [3.63, 3.8) is 0 Å². The van der Waals surface area contributed by atoms with Crippen LogP contribution in [0.25, 0.3) is 0 Å². The van der Waals surface area contributed by atoms with E-state index in [9.17, 15) is 8.42 Å². The van der Waals surface area contributed by atoms with Crippen LogP contribution in [0.15, 0.2) is 29.2 Å². The molecule has 1 aromatic carbocycles. The van der Waals surface area contributed by atoms with Crippen molar-refractivity contribution >= 4 is 10.0 Å². The van der Waals surface area contributed by atoms with Gasteiger partial charge in [-0.3, -0.25) is 0 Å². The second-order valence-electron chi connectivity index (χ2n) is 4.93. The average molecular weight is 294 g/mol. The summed E-state index contributed by atoms with van der Waals surface area (Å²) < 4.78 is 27.7. The molecule has 0 saturated carbocycles. The van der Waals surface area contributed by atoms with E-state index in [0.717, 1.165) is 24.8 Å². The molecule has 0 bridgehead atoms. The summed E-state index contributed by atoms with van der Waals surface area (Å²) in [7, 11) is -3.52. The molecule has 0 fully saturated rings. The SMILES string of the molecule is CCC(CC)(CC)NS(=O)(=O)c1ccc(CC#N)cc1. The average Bonchev–Trinajstić information content (AvgIpc) is 2.46. The predicted octanol–water partition coefficient (Wildman–Crippen LogP) is 3.00. The lowest BCUT2D eigenvalue weighted by atomic mass is 9.91. The molecule has 1 aromatic rings. The van der Waals surface area contributed by atoms with Crippen LogP contribution < -0.4 is 4.72 Å². The highest BCUT2D eigenvalue weighted by Gasteiger charge is 2.30. The monoisotopic (exact) mass is 294 g/mol. The van der Waals surface area contributed by atoms with Gasteiger partial charge in [0, 0.05) is 5.54 Å². The number of hydrogen-bond acceptors (Lipinski definition) is 3. The molecule has 1 rings (SSSR count). The van der Waals surface area contributed by atoms with Crippen LogP contribution in [0.5, 0.6) is 0 Å². The molecular weight excluding hydrogens is 272 g/mol. The zero-order valence-corrected chi connectivity index (χ0v) is 13.1. The minimum absolute atomic E-state index is 0.249. The Bertz CT molecular complexity index is 559. The van der Waals surface area contributed by atoms with Crippen LogP contribution in [0.2, 0.25) is 0 Å². The Kier molecular flexibility index (Phi) is 5.73. The Hall–Kier alpha value is -1.38. The lowest BCUT2D eigenvalue weighted by Crippen LogP contribution is -2.46. The van der Waals surface area contributed by atoms with Gasteiger partial charge in [0.05, 0.1) is 17.4 Å². The first-order valence-corrected chi connectivity index (χ1v) is 8.41. The predicted molar refractivity (Wildman–Crippen MR) is 79.7 cm³/mol. The summed E-state index contributed by atoms with van der Waals surface area (Å²) in [5.74, 6) is 0. The molecule has 5 heteroatoms. The van der Waals surface area contributed by atoms with E-state index in [1.165, 1.54) is 0 Å². The summed E-state index contributed by atoms with van der Waals surface area (Å²) in [6.07, 6.45) is 2.56. The fraction of sp³-hybridized carbons (Fsp3) is 0.533. The maximum atomic E-state index is 12.4. The van der Waals surface area contributed by atoms with Gasteiger partial charge in [0.25, 0.3) is 0 Å². The van der Waals surface area contributed by atoms with Crippen molar-refractivity contribution in [2.24, 2.45) is 0 Å². The summed E-state index contributed by atoms with van der Waals surface area (Å²) in [5.41, 5.74) is 0.434. The summed E-state index contributed by atoms with van der Waals surface area (Å²) in [6, 6.07) is 8.52. The fourth-order valence-corrected chi connectivity index (χ4v) is 3.80. The summed E-state index contributed by atoms with van der Waals surface area (Å²) in [5, 5.41) is 8.62. The molecule has 0 spiro atoms. The van der Waals surface area contributed by atoms with Gasteiger partial charge in [0.1, 0.15) is 0 Å². The Morgan fingerprint density at radius 3 is 2.00 bits per heavy atom. The quantitative estimate of drug-likeness (QED) is 0.840. The third kappa shape index (κ3) is 3.81. The molecule has 110 valence electrons. The highest BCUT2D eigenvalue weighted by Crippen LogP contribution is 2.23. The van der Waals surface area contributed by atoms with E-state index >= 15 is 0 Å². The molecule has 0 radical (unpaired) electrons. The maximum Gasteiger partial charge on any atom is 0.241 e. The van der Waals surface area contributed by atoms with E-state index in [4.69, 9.17) is 5.26 Å². The minimum Gasteiger partial charge on any atom is -0.207 e.